The van der Waals surface area contributed by atoms with E-state index >= 15 is 0 Å². The minimum atomic E-state index is 0.472. The molecule has 0 radical (unpaired) electrons. The van der Waals surface area contributed by atoms with Crippen molar-refractivity contribution in [3.8, 4) is 0 Å². The highest BCUT2D eigenvalue weighted by Gasteiger charge is 2.42. The van der Waals surface area contributed by atoms with E-state index in [1.807, 2.05) is 0 Å². The average molecular weight is 276 g/mol. The van der Waals surface area contributed by atoms with Crippen LogP contribution in [0.3, 0.4) is 0 Å². The maximum atomic E-state index is 12.6. The van der Waals surface area contributed by atoms with Crippen LogP contribution >= 0.6 is 0 Å². The number of piperidine rings is 1. The molecule has 4 rings (SSSR count). The summed E-state index contributed by atoms with van der Waals surface area (Å²) in [7, 11) is 2.22. The third kappa shape index (κ3) is 2.28. The monoisotopic (exact) mass is 276 g/mol. The highest BCUT2D eigenvalue weighted by Crippen LogP contribution is 2.49. The Morgan fingerprint density at radius 2 is 1.85 bits per heavy atom. The first kappa shape index (κ1) is 13.1. The van der Waals surface area contributed by atoms with Crippen LogP contribution in [0, 0.1) is 29.6 Å². The van der Waals surface area contributed by atoms with Crippen LogP contribution in [0.25, 0.3) is 0 Å². The number of nitrogens with zero attached hydrogens (tertiary/aromatic N) is 2. The SMILES string of the molecule is CN1CC[C@@H]2CN(C(=O)CC3CC4CCC3C4)C[C@@H]2C1. The van der Waals surface area contributed by atoms with Gasteiger partial charge >= 0.3 is 0 Å². The first-order valence-corrected chi connectivity index (χ1v) is 8.65. The summed E-state index contributed by atoms with van der Waals surface area (Å²) in [5, 5.41) is 0. The molecule has 112 valence electrons. The number of amides is 1. The minimum absolute atomic E-state index is 0.472. The molecule has 2 aliphatic carbocycles. The molecule has 3 nitrogen and oxygen atoms in total. The van der Waals surface area contributed by atoms with Gasteiger partial charge < -0.3 is 9.80 Å². The van der Waals surface area contributed by atoms with Crippen LogP contribution < -0.4 is 0 Å². The Labute approximate surface area is 122 Å². The van der Waals surface area contributed by atoms with Crippen molar-refractivity contribution in [1.82, 2.24) is 9.80 Å². The molecule has 4 aliphatic rings. The molecule has 0 N–H and O–H groups in total. The molecule has 4 fully saturated rings. The van der Waals surface area contributed by atoms with E-state index in [9.17, 15) is 4.79 Å². The minimum Gasteiger partial charge on any atom is -0.342 e. The summed E-state index contributed by atoms with van der Waals surface area (Å²) < 4.78 is 0. The van der Waals surface area contributed by atoms with E-state index in [0.29, 0.717) is 5.91 Å². The van der Waals surface area contributed by atoms with Gasteiger partial charge in [-0.1, -0.05) is 6.42 Å². The molecule has 2 aliphatic heterocycles. The van der Waals surface area contributed by atoms with Crippen molar-refractivity contribution in [3.05, 3.63) is 0 Å². The molecular formula is C17H28N2O. The van der Waals surface area contributed by atoms with Crippen LogP contribution in [-0.2, 0) is 4.79 Å². The van der Waals surface area contributed by atoms with Crippen molar-refractivity contribution >= 4 is 5.91 Å². The molecule has 2 heterocycles. The van der Waals surface area contributed by atoms with Gasteiger partial charge in [-0.3, -0.25) is 4.79 Å². The molecule has 3 unspecified atom stereocenters. The first-order chi connectivity index (χ1) is 9.69. The quantitative estimate of drug-likeness (QED) is 0.772. The normalized spacial score (nSPS) is 44.0. The zero-order chi connectivity index (χ0) is 13.7. The Bertz CT molecular complexity index is 396. The highest BCUT2D eigenvalue weighted by atomic mass is 16.2. The maximum Gasteiger partial charge on any atom is 0.222 e. The standard InChI is InChI=1S/C17H28N2O/c1-18-5-4-14-10-19(11-16(14)9-18)17(20)8-15-7-12-2-3-13(15)6-12/h12-16H,2-11H2,1H3/t12?,13?,14-,15?,16+/m1/s1. The van der Waals surface area contributed by atoms with Crippen molar-refractivity contribution < 1.29 is 4.79 Å². The Kier molecular flexibility index (Phi) is 3.29. The summed E-state index contributed by atoms with van der Waals surface area (Å²) in [6.07, 6.45) is 7.76. The molecule has 0 aromatic carbocycles. The molecule has 1 amide bonds. The Hall–Kier alpha value is -0.570. The predicted octanol–water partition coefficient (Wildman–Crippen LogP) is 2.22. The molecule has 2 bridgehead atoms. The lowest BCUT2D eigenvalue weighted by molar-refractivity contribution is -0.131. The number of rotatable bonds is 2. The van der Waals surface area contributed by atoms with E-state index in [1.54, 1.807) is 0 Å². The lowest BCUT2D eigenvalue weighted by Gasteiger charge is -2.31. The molecule has 5 atom stereocenters. The second-order valence-corrected chi connectivity index (χ2v) is 8.01. The van der Waals surface area contributed by atoms with Gasteiger partial charge in [0.05, 0.1) is 0 Å². The summed E-state index contributed by atoms with van der Waals surface area (Å²) >= 11 is 0. The van der Waals surface area contributed by atoms with Gasteiger partial charge in [0.25, 0.3) is 0 Å². The van der Waals surface area contributed by atoms with E-state index < -0.39 is 0 Å². The second-order valence-electron chi connectivity index (χ2n) is 8.01. The van der Waals surface area contributed by atoms with Gasteiger partial charge in [-0.2, -0.15) is 0 Å². The van der Waals surface area contributed by atoms with Crippen LogP contribution in [-0.4, -0.2) is 48.9 Å². The molecule has 0 aromatic heterocycles. The van der Waals surface area contributed by atoms with Crippen molar-refractivity contribution in [2.45, 2.75) is 38.5 Å². The fourth-order valence-corrected chi connectivity index (χ4v) is 5.53. The van der Waals surface area contributed by atoms with Crippen LogP contribution in [0.15, 0.2) is 0 Å². The Balaban J connectivity index is 1.33. The predicted molar refractivity (Wildman–Crippen MR) is 79.2 cm³/mol. The summed E-state index contributed by atoms with van der Waals surface area (Å²) in [5.74, 6) is 4.59. The van der Waals surface area contributed by atoms with Crippen molar-refractivity contribution in [1.29, 1.82) is 0 Å². The topological polar surface area (TPSA) is 23.6 Å². The number of hydrogen-bond acceptors (Lipinski definition) is 2. The van der Waals surface area contributed by atoms with Gasteiger partial charge in [0.15, 0.2) is 0 Å². The van der Waals surface area contributed by atoms with E-state index in [4.69, 9.17) is 0 Å². The fourth-order valence-electron chi connectivity index (χ4n) is 5.53. The number of likely N-dealkylation sites (tertiary alicyclic amines) is 2. The summed E-state index contributed by atoms with van der Waals surface area (Å²) in [6.45, 7) is 4.50. The largest absolute Gasteiger partial charge is 0.342 e. The molecular weight excluding hydrogens is 248 g/mol. The molecule has 2 saturated heterocycles. The van der Waals surface area contributed by atoms with E-state index in [0.717, 1.165) is 49.1 Å². The molecule has 0 aromatic rings. The molecule has 3 heteroatoms. The van der Waals surface area contributed by atoms with Crippen LogP contribution in [0.4, 0.5) is 0 Å². The smallest absolute Gasteiger partial charge is 0.222 e. The zero-order valence-corrected chi connectivity index (χ0v) is 12.8. The number of carbonyl (C=O) groups excluding carboxylic acids is 1. The third-order valence-corrected chi connectivity index (χ3v) is 6.68. The van der Waals surface area contributed by atoms with Crippen molar-refractivity contribution in [2.75, 3.05) is 33.2 Å². The second kappa shape index (κ2) is 5.01. The van der Waals surface area contributed by atoms with Gasteiger partial charge in [-0.05, 0) is 68.9 Å². The molecule has 2 saturated carbocycles. The Morgan fingerprint density at radius 3 is 2.60 bits per heavy atom. The first-order valence-electron chi connectivity index (χ1n) is 8.65. The van der Waals surface area contributed by atoms with Gasteiger partial charge in [-0.15, -0.1) is 0 Å². The summed E-state index contributed by atoms with van der Waals surface area (Å²) in [4.78, 5) is 17.3. The number of carbonyl (C=O) groups is 1. The van der Waals surface area contributed by atoms with Crippen LogP contribution in [0.2, 0.25) is 0 Å². The maximum absolute atomic E-state index is 12.6. The van der Waals surface area contributed by atoms with Crippen molar-refractivity contribution in [2.24, 2.45) is 29.6 Å². The van der Waals surface area contributed by atoms with Gasteiger partial charge in [0.1, 0.15) is 0 Å². The van der Waals surface area contributed by atoms with E-state index in [1.165, 1.54) is 45.2 Å². The van der Waals surface area contributed by atoms with Gasteiger partial charge in [0.2, 0.25) is 5.91 Å². The molecule has 0 spiro atoms. The average Bonchev–Trinajstić information content (AvgIpc) is 3.11. The summed E-state index contributed by atoms with van der Waals surface area (Å²) in [5.41, 5.74) is 0. The third-order valence-electron chi connectivity index (χ3n) is 6.68. The van der Waals surface area contributed by atoms with Gasteiger partial charge in [0, 0.05) is 26.1 Å². The highest BCUT2D eigenvalue weighted by molar-refractivity contribution is 5.77. The number of hydrogen-bond donors (Lipinski definition) is 0. The lowest BCUT2D eigenvalue weighted by Crippen LogP contribution is -2.37. The number of fused-ring (bicyclic) bond motifs is 3. The van der Waals surface area contributed by atoms with Crippen LogP contribution in [0.1, 0.15) is 38.5 Å². The van der Waals surface area contributed by atoms with E-state index in [2.05, 4.69) is 16.8 Å². The molecule has 20 heavy (non-hydrogen) atoms. The zero-order valence-electron chi connectivity index (χ0n) is 12.8. The lowest BCUT2D eigenvalue weighted by atomic mass is 9.86. The van der Waals surface area contributed by atoms with E-state index in [-0.39, 0.29) is 0 Å². The Morgan fingerprint density at radius 1 is 1.00 bits per heavy atom. The fraction of sp³-hybridized carbons (Fsp3) is 0.941. The summed E-state index contributed by atoms with van der Waals surface area (Å²) in [6, 6.07) is 0. The van der Waals surface area contributed by atoms with Gasteiger partial charge in [-0.25, -0.2) is 0 Å². The van der Waals surface area contributed by atoms with Crippen molar-refractivity contribution in [3.63, 3.8) is 0 Å². The van der Waals surface area contributed by atoms with Crippen LogP contribution in [0.5, 0.6) is 0 Å².